The van der Waals surface area contributed by atoms with Crippen molar-refractivity contribution in [1.29, 1.82) is 0 Å². The third kappa shape index (κ3) is 3.03. The Morgan fingerprint density at radius 2 is 1.78 bits per heavy atom. The fourth-order valence-electron chi connectivity index (χ4n) is 2.11. The molecule has 1 fully saturated rings. The lowest BCUT2D eigenvalue weighted by atomic mass is 10.0. The number of halogens is 3. The van der Waals surface area contributed by atoms with Crippen LogP contribution in [0.3, 0.4) is 0 Å². The minimum Gasteiger partial charge on any atom is -0.396 e. The van der Waals surface area contributed by atoms with Gasteiger partial charge in [-0.3, -0.25) is 0 Å². The number of hydrogen-bond donors (Lipinski definition) is 2. The van der Waals surface area contributed by atoms with Gasteiger partial charge in [-0.05, 0) is 42.4 Å². The first-order chi connectivity index (χ1) is 8.56. The summed E-state index contributed by atoms with van der Waals surface area (Å²) in [5.74, 6) is -3.76. The average molecular weight is 259 g/mol. The third-order valence-corrected chi connectivity index (χ3v) is 3.47. The largest absolute Gasteiger partial charge is 0.396 e. The molecule has 0 saturated heterocycles. The first-order valence-electron chi connectivity index (χ1n) is 6.01. The Bertz CT molecular complexity index is 409. The number of rotatable bonds is 6. The minimum atomic E-state index is -1.43. The number of aliphatic hydroxyl groups excluding tert-OH is 1. The van der Waals surface area contributed by atoms with Crippen molar-refractivity contribution in [3.63, 3.8) is 0 Å². The van der Waals surface area contributed by atoms with E-state index < -0.39 is 17.5 Å². The highest BCUT2D eigenvalue weighted by Gasteiger charge is 2.41. The van der Waals surface area contributed by atoms with Crippen LogP contribution in [0.5, 0.6) is 0 Å². The highest BCUT2D eigenvalue weighted by molar-refractivity contribution is 5.19. The maximum Gasteiger partial charge on any atom is 0.194 e. The molecule has 1 aliphatic carbocycles. The fraction of sp³-hybridized carbons (Fsp3) is 0.538. The van der Waals surface area contributed by atoms with Crippen LogP contribution in [-0.2, 0) is 6.54 Å². The molecule has 0 amide bonds. The lowest BCUT2D eigenvalue weighted by Crippen LogP contribution is -2.24. The monoisotopic (exact) mass is 259 g/mol. The second-order valence-electron chi connectivity index (χ2n) is 4.95. The van der Waals surface area contributed by atoms with Crippen molar-refractivity contribution in [2.75, 3.05) is 13.2 Å². The number of hydrogen-bond acceptors (Lipinski definition) is 2. The number of aliphatic hydroxyl groups is 1. The lowest BCUT2D eigenvalue weighted by molar-refractivity contribution is 0.245. The number of benzene rings is 1. The molecular weight excluding hydrogens is 243 g/mol. The Kier molecular flexibility index (Phi) is 3.92. The second kappa shape index (κ2) is 5.28. The topological polar surface area (TPSA) is 32.3 Å². The summed E-state index contributed by atoms with van der Waals surface area (Å²) in [5.41, 5.74) is 0.525. The van der Waals surface area contributed by atoms with Crippen LogP contribution < -0.4 is 5.32 Å². The molecule has 2 rings (SSSR count). The van der Waals surface area contributed by atoms with Crippen LogP contribution in [0.25, 0.3) is 0 Å². The van der Waals surface area contributed by atoms with Gasteiger partial charge in [0, 0.05) is 19.7 Å². The van der Waals surface area contributed by atoms with Gasteiger partial charge in [-0.1, -0.05) is 0 Å². The van der Waals surface area contributed by atoms with Gasteiger partial charge in [0.05, 0.1) is 0 Å². The van der Waals surface area contributed by atoms with E-state index in [9.17, 15) is 13.2 Å². The van der Waals surface area contributed by atoms with Gasteiger partial charge in [-0.2, -0.15) is 0 Å². The van der Waals surface area contributed by atoms with E-state index in [0.29, 0.717) is 18.7 Å². The zero-order chi connectivity index (χ0) is 13.2. The maximum atomic E-state index is 13.0. The number of nitrogens with one attached hydrogen (secondary N) is 1. The molecule has 1 aromatic carbocycles. The van der Waals surface area contributed by atoms with Gasteiger partial charge in [0.1, 0.15) is 0 Å². The van der Waals surface area contributed by atoms with Crippen molar-refractivity contribution in [3.05, 3.63) is 35.1 Å². The quantitative estimate of drug-likeness (QED) is 0.769. The smallest absolute Gasteiger partial charge is 0.194 e. The normalized spacial score (nSPS) is 16.9. The molecular formula is C13H16F3NO. The minimum absolute atomic E-state index is 0.145. The second-order valence-corrected chi connectivity index (χ2v) is 4.95. The molecule has 0 heterocycles. The summed E-state index contributed by atoms with van der Waals surface area (Å²) in [6.07, 6.45) is 2.87. The molecule has 18 heavy (non-hydrogen) atoms. The van der Waals surface area contributed by atoms with E-state index >= 15 is 0 Å². The van der Waals surface area contributed by atoms with Gasteiger partial charge in [0.15, 0.2) is 17.5 Å². The Morgan fingerprint density at radius 1 is 1.17 bits per heavy atom. The summed E-state index contributed by atoms with van der Waals surface area (Å²) in [5, 5.41) is 12.0. The van der Waals surface area contributed by atoms with Crippen LogP contribution in [0, 0.1) is 22.9 Å². The van der Waals surface area contributed by atoms with Crippen molar-refractivity contribution < 1.29 is 18.3 Å². The molecule has 0 atom stereocenters. The molecule has 0 bridgehead atoms. The van der Waals surface area contributed by atoms with Crippen molar-refractivity contribution in [2.45, 2.75) is 25.8 Å². The lowest BCUT2D eigenvalue weighted by Gasteiger charge is -2.14. The van der Waals surface area contributed by atoms with Crippen LogP contribution in [-0.4, -0.2) is 18.3 Å². The van der Waals surface area contributed by atoms with Crippen molar-refractivity contribution in [2.24, 2.45) is 5.41 Å². The molecule has 1 aliphatic rings. The first-order valence-corrected chi connectivity index (χ1v) is 6.01. The van der Waals surface area contributed by atoms with Gasteiger partial charge in [0.25, 0.3) is 0 Å². The van der Waals surface area contributed by atoms with Gasteiger partial charge < -0.3 is 10.4 Å². The molecule has 0 unspecified atom stereocenters. The van der Waals surface area contributed by atoms with Crippen LogP contribution >= 0.6 is 0 Å². The van der Waals surface area contributed by atoms with Gasteiger partial charge >= 0.3 is 0 Å². The van der Waals surface area contributed by atoms with Gasteiger partial charge in [0.2, 0.25) is 0 Å². The molecule has 100 valence electrons. The summed E-state index contributed by atoms with van der Waals surface area (Å²) < 4.78 is 38.7. The van der Waals surface area contributed by atoms with Crippen LogP contribution in [0.2, 0.25) is 0 Å². The van der Waals surface area contributed by atoms with Crippen LogP contribution in [0.1, 0.15) is 24.8 Å². The molecule has 0 aromatic heterocycles. The van der Waals surface area contributed by atoms with Crippen molar-refractivity contribution >= 4 is 0 Å². The van der Waals surface area contributed by atoms with Crippen LogP contribution in [0.15, 0.2) is 12.1 Å². The standard InChI is InChI=1S/C13H16F3NO/c14-10-5-9(6-11(15)12(10)16)7-17-8-13(1-2-13)3-4-18/h5-6,17-18H,1-4,7-8H2. The Balaban J connectivity index is 1.87. The molecule has 5 heteroatoms. The highest BCUT2D eigenvalue weighted by atomic mass is 19.2. The predicted octanol–water partition coefficient (Wildman–Crippen LogP) is 2.36. The van der Waals surface area contributed by atoms with E-state index in [2.05, 4.69) is 5.32 Å². The molecule has 0 spiro atoms. The van der Waals surface area contributed by atoms with E-state index in [1.54, 1.807) is 0 Å². The molecule has 2 N–H and O–H groups in total. The van der Waals surface area contributed by atoms with Gasteiger partial charge in [-0.15, -0.1) is 0 Å². The summed E-state index contributed by atoms with van der Waals surface area (Å²) in [7, 11) is 0. The van der Waals surface area contributed by atoms with Crippen molar-refractivity contribution in [3.8, 4) is 0 Å². The van der Waals surface area contributed by atoms with E-state index in [1.807, 2.05) is 0 Å². The van der Waals surface area contributed by atoms with E-state index in [0.717, 1.165) is 31.4 Å². The summed E-state index contributed by atoms with van der Waals surface area (Å²) in [6, 6.07) is 1.99. The van der Waals surface area contributed by atoms with E-state index in [4.69, 9.17) is 5.11 Å². The SMILES string of the molecule is OCCC1(CNCc2cc(F)c(F)c(F)c2)CC1. The summed E-state index contributed by atoms with van der Waals surface area (Å²) in [4.78, 5) is 0. The summed E-state index contributed by atoms with van der Waals surface area (Å²) >= 11 is 0. The first kappa shape index (κ1) is 13.4. The Morgan fingerprint density at radius 3 is 2.28 bits per heavy atom. The van der Waals surface area contributed by atoms with E-state index in [-0.39, 0.29) is 12.0 Å². The Hall–Kier alpha value is -1.07. The fourth-order valence-corrected chi connectivity index (χ4v) is 2.11. The zero-order valence-corrected chi connectivity index (χ0v) is 9.98. The Labute approximate surface area is 104 Å². The third-order valence-electron chi connectivity index (χ3n) is 3.47. The highest BCUT2D eigenvalue weighted by Crippen LogP contribution is 2.47. The van der Waals surface area contributed by atoms with Gasteiger partial charge in [-0.25, -0.2) is 13.2 Å². The molecule has 1 aromatic rings. The van der Waals surface area contributed by atoms with Crippen LogP contribution in [0.4, 0.5) is 13.2 Å². The van der Waals surface area contributed by atoms with Crippen molar-refractivity contribution in [1.82, 2.24) is 5.32 Å². The zero-order valence-electron chi connectivity index (χ0n) is 9.98. The molecule has 2 nitrogen and oxygen atoms in total. The predicted molar refractivity (Wildman–Crippen MR) is 61.4 cm³/mol. The average Bonchev–Trinajstić information content (AvgIpc) is 3.06. The summed E-state index contributed by atoms with van der Waals surface area (Å²) in [6.45, 7) is 1.15. The van der Waals surface area contributed by atoms with E-state index in [1.165, 1.54) is 0 Å². The molecule has 1 saturated carbocycles. The molecule has 0 radical (unpaired) electrons. The maximum absolute atomic E-state index is 13.0. The molecule has 0 aliphatic heterocycles.